The van der Waals surface area contributed by atoms with E-state index in [0.29, 0.717) is 12.0 Å². The number of carbonyl (C=O) groups is 2. The van der Waals surface area contributed by atoms with Crippen molar-refractivity contribution >= 4 is 12.3 Å². The molecule has 0 radical (unpaired) electrons. The molecule has 0 aliphatic rings. The highest BCUT2D eigenvalue weighted by molar-refractivity contribution is 5.90. The molecular formula is C12H14O3. The van der Waals surface area contributed by atoms with Crippen molar-refractivity contribution in [3.63, 3.8) is 0 Å². The van der Waals surface area contributed by atoms with Gasteiger partial charge in [-0.05, 0) is 17.0 Å². The van der Waals surface area contributed by atoms with E-state index < -0.39 is 11.4 Å². The van der Waals surface area contributed by atoms with E-state index in [4.69, 9.17) is 5.11 Å². The molecule has 0 amide bonds. The minimum absolute atomic E-state index is 0.268. The third-order valence-electron chi connectivity index (χ3n) is 2.48. The number of hydrogen-bond acceptors (Lipinski definition) is 2. The van der Waals surface area contributed by atoms with Gasteiger partial charge in [0, 0.05) is 6.42 Å². The molecule has 0 unspecified atom stereocenters. The normalized spacial score (nSPS) is 11.1. The van der Waals surface area contributed by atoms with Gasteiger partial charge < -0.3 is 9.90 Å². The molecule has 0 aliphatic carbocycles. The molecule has 0 aromatic heterocycles. The van der Waals surface area contributed by atoms with Gasteiger partial charge in [0.05, 0.1) is 5.56 Å². The fourth-order valence-corrected chi connectivity index (χ4v) is 1.58. The van der Waals surface area contributed by atoms with Crippen LogP contribution in [0.3, 0.4) is 0 Å². The number of carboxylic acids is 1. The lowest BCUT2D eigenvalue weighted by Crippen LogP contribution is -2.21. The Hall–Kier alpha value is -1.64. The molecule has 0 bridgehead atoms. The molecular weight excluding hydrogens is 192 g/mol. The van der Waals surface area contributed by atoms with E-state index in [0.717, 1.165) is 6.29 Å². The Morgan fingerprint density at radius 3 is 2.53 bits per heavy atom. The Labute approximate surface area is 88.7 Å². The van der Waals surface area contributed by atoms with Crippen LogP contribution >= 0.6 is 0 Å². The summed E-state index contributed by atoms with van der Waals surface area (Å²) in [4.78, 5) is 21.5. The number of benzene rings is 1. The molecule has 80 valence electrons. The second-order valence-corrected chi connectivity index (χ2v) is 4.11. The van der Waals surface area contributed by atoms with Gasteiger partial charge in [-0.25, -0.2) is 4.79 Å². The predicted molar refractivity (Wildman–Crippen MR) is 57.1 cm³/mol. The summed E-state index contributed by atoms with van der Waals surface area (Å²) in [6.07, 6.45) is 1.13. The minimum atomic E-state index is -0.954. The van der Waals surface area contributed by atoms with Crippen molar-refractivity contribution in [1.82, 2.24) is 0 Å². The summed E-state index contributed by atoms with van der Waals surface area (Å²) < 4.78 is 0. The minimum Gasteiger partial charge on any atom is -0.478 e. The summed E-state index contributed by atoms with van der Waals surface area (Å²) in [6.45, 7) is 3.73. The standard InChI is InChI=1S/C12H14O3/c1-12(2,7-8-13)10-6-4-3-5-9(10)11(14)15/h3-6,8H,7H2,1-2H3,(H,14,15). The monoisotopic (exact) mass is 206 g/mol. The summed E-state index contributed by atoms with van der Waals surface area (Å²) in [5.41, 5.74) is 0.533. The number of carbonyl (C=O) groups excluding carboxylic acids is 1. The number of hydrogen-bond donors (Lipinski definition) is 1. The quantitative estimate of drug-likeness (QED) is 0.769. The van der Waals surface area contributed by atoms with Crippen LogP contribution in [-0.2, 0) is 10.2 Å². The number of rotatable bonds is 4. The van der Waals surface area contributed by atoms with Gasteiger partial charge in [-0.3, -0.25) is 0 Å². The van der Waals surface area contributed by atoms with Crippen LogP contribution in [0.1, 0.15) is 36.2 Å². The smallest absolute Gasteiger partial charge is 0.335 e. The van der Waals surface area contributed by atoms with E-state index in [9.17, 15) is 9.59 Å². The fraction of sp³-hybridized carbons (Fsp3) is 0.333. The molecule has 3 nitrogen and oxygen atoms in total. The molecule has 1 aromatic rings. The van der Waals surface area contributed by atoms with Crippen LogP contribution < -0.4 is 0 Å². The van der Waals surface area contributed by atoms with Gasteiger partial charge in [-0.15, -0.1) is 0 Å². The average molecular weight is 206 g/mol. The fourth-order valence-electron chi connectivity index (χ4n) is 1.58. The second kappa shape index (κ2) is 4.26. The Morgan fingerprint density at radius 1 is 1.40 bits per heavy atom. The zero-order valence-electron chi connectivity index (χ0n) is 8.86. The first-order chi connectivity index (χ1) is 6.99. The molecule has 0 aliphatic heterocycles. The van der Waals surface area contributed by atoms with Crippen molar-refractivity contribution in [2.45, 2.75) is 25.7 Å². The van der Waals surface area contributed by atoms with Gasteiger partial charge in [-0.2, -0.15) is 0 Å². The highest BCUT2D eigenvalue weighted by Gasteiger charge is 2.25. The summed E-state index contributed by atoms with van der Waals surface area (Å²) in [7, 11) is 0. The molecule has 0 saturated carbocycles. The lowest BCUT2D eigenvalue weighted by atomic mass is 9.79. The van der Waals surface area contributed by atoms with Gasteiger partial charge in [0.2, 0.25) is 0 Å². The lowest BCUT2D eigenvalue weighted by molar-refractivity contribution is -0.108. The van der Waals surface area contributed by atoms with E-state index in [1.54, 1.807) is 24.3 Å². The Balaban J connectivity index is 3.23. The molecule has 1 rings (SSSR count). The third kappa shape index (κ3) is 2.43. The van der Waals surface area contributed by atoms with Crippen LogP contribution in [0.5, 0.6) is 0 Å². The number of aromatic carboxylic acids is 1. The summed E-state index contributed by atoms with van der Waals surface area (Å²) in [5.74, 6) is -0.954. The SMILES string of the molecule is CC(C)(CC=O)c1ccccc1C(=O)O. The van der Waals surface area contributed by atoms with Gasteiger partial charge in [0.15, 0.2) is 0 Å². The van der Waals surface area contributed by atoms with E-state index in [1.165, 1.54) is 0 Å². The Bertz CT molecular complexity index is 380. The topological polar surface area (TPSA) is 54.4 Å². The largest absolute Gasteiger partial charge is 0.478 e. The maximum absolute atomic E-state index is 11.0. The van der Waals surface area contributed by atoms with Crippen molar-refractivity contribution in [2.75, 3.05) is 0 Å². The highest BCUT2D eigenvalue weighted by Crippen LogP contribution is 2.28. The van der Waals surface area contributed by atoms with Crippen molar-refractivity contribution in [2.24, 2.45) is 0 Å². The maximum Gasteiger partial charge on any atom is 0.335 e. The van der Waals surface area contributed by atoms with Crippen LogP contribution in [0.2, 0.25) is 0 Å². The molecule has 15 heavy (non-hydrogen) atoms. The Morgan fingerprint density at radius 2 is 2.00 bits per heavy atom. The van der Waals surface area contributed by atoms with Gasteiger partial charge in [0.1, 0.15) is 6.29 Å². The lowest BCUT2D eigenvalue weighted by Gasteiger charge is -2.24. The van der Waals surface area contributed by atoms with Crippen molar-refractivity contribution in [3.05, 3.63) is 35.4 Å². The summed E-state index contributed by atoms with van der Waals surface area (Å²) in [5, 5.41) is 9.01. The van der Waals surface area contributed by atoms with E-state index in [2.05, 4.69) is 0 Å². The van der Waals surface area contributed by atoms with Gasteiger partial charge >= 0.3 is 5.97 Å². The Kier molecular flexibility index (Phi) is 3.24. The van der Waals surface area contributed by atoms with Crippen LogP contribution in [0.15, 0.2) is 24.3 Å². The summed E-state index contributed by atoms with van der Waals surface area (Å²) >= 11 is 0. The number of carboxylic acid groups (broad SMARTS) is 1. The van der Waals surface area contributed by atoms with Crippen LogP contribution in [0, 0.1) is 0 Å². The zero-order chi connectivity index (χ0) is 11.5. The molecule has 1 N–H and O–H groups in total. The van der Waals surface area contributed by atoms with Crippen molar-refractivity contribution in [3.8, 4) is 0 Å². The first-order valence-electron chi connectivity index (χ1n) is 4.75. The molecule has 0 saturated heterocycles. The predicted octanol–water partition coefficient (Wildman–Crippen LogP) is 2.25. The zero-order valence-corrected chi connectivity index (χ0v) is 8.86. The van der Waals surface area contributed by atoms with Crippen LogP contribution in [0.4, 0.5) is 0 Å². The second-order valence-electron chi connectivity index (χ2n) is 4.11. The first-order valence-corrected chi connectivity index (χ1v) is 4.75. The van der Waals surface area contributed by atoms with Gasteiger partial charge in [0.25, 0.3) is 0 Å². The van der Waals surface area contributed by atoms with E-state index >= 15 is 0 Å². The number of aldehydes is 1. The highest BCUT2D eigenvalue weighted by atomic mass is 16.4. The molecule has 3 heteroatoms. The summed E-state index contributed by atoms with van der Waals surface area (Å²) in [6, 6.07) is 6.79. The van der Waals surface area contributed by atoms with Crippen molar-refractivity contribution in [1.29, 1.82) is 0 Å². The first kappa shape index (κ1) is 11.4. The van der Waals surface area contributed by atoms with E-state index in [1.807, 2.05) is 13.8 Å². The van der Waals surface area contributed by atoms with E-state index in [-0.39, 0.29) is 5.56 Å². The molecule has 0 fully saturated rings. The van der Waals surface area contributed by atoms with Gasteiger partial charge in [-0.1, -0.05) is 32.0 Å². The molecule has 0 spiro atoms. The molecule has 0 heterocycles. The van der Waals surface area contributed by atoms with Crippen LogP contribution in [0.25, 0.3) is 0 Å². The van der Waals surface area contributed by atoms with Crippen LogP contribution in [-0.4, -0.2) is 17.4 Å². The third-order valence-corrected chi connectivity index (χ3v) is 2.48. The maximum atomic E-state index is 11.0. The van der Waals surface area contributed by atoms with Crippen molar-refractivity contribution < 1.29 is 14.7 Å². The molecule has 1 aromatic carbocycles. The average Bonchev–Trinajstić information content (AvgIpc) is 2.17. The molecule has 0 atom stereocenters.